The molecular weight excluding hydrogens is 457 g/mol. The van der Waals surface area contributed by atoms with Gasteiger partial charge in [-0.2, -0.15) is 18.2 Å². The molecule has 3 saturated carbocycles. The molecule has 6 rings (SSSR count). The predicted molar refractivity (Wildman–Crippen MR) is 128 cm³/mol. The van der Waals surface area contributed by atoms with E-state index in [1.54, 1.807) is 6.20 Å². The normalized spacial score (nSPS) is 28.1. The van der Waals surface area contributed by atoms with E-state index in [0.717, 1.165) is 22.7 Å². The molecule has 4 aliphatic rings. The van der Waals surface area contributed by atoms with Crippen molar-refractivity contribution in [2.45, 2.75) is 64.7 Å². The first kappa shape index (κ1) is 23.8. The molecule has 7 nitrogen and oxygen atoms in total. The summed E-state index contributed by atoms with van der Waals surface area (Å²) >= 11 is 0. The zero-order valence-electron chi connectivity index (χ0n) is 20.4. The Kier molecular flexibility index (Phi) is 5.50. The first-order valence-electron chi connectivity index (χ1n) is 11.8. The Morgan fingerprint density at radius 3 is 2.46 bits per heavy atom. The molecule has 0 amide bonds. The third kappa shape index (κ3) is 3.91. The van der Waals surface area contributed by atoms with Gasteiger partial charge in [0.25, 0.3) is 0 Å². The summed E-state index contributed by atoms with van der Waals surface area (Å²) in [5.74, 6) is 0.448. The van der Waals surface area contributed by atoms with Gasteiger partial charge in [0.05, 0.1) is 41.8 Å². The number of nitrogens with zero attached hydrogens (tertiary/aromatic N) is 6. The van der Waals surface area contributed by atoms with Gasteiger partial charge in [0.1, 0.15) is 5.52 Å². The van der Waals surface area contributed by atoms with Gasteiger partial charge in [0.2, 0.25) is 5.95 Å². The van der Waals surface area contributed by atoms with Crippen molar-refractivity contribution < 1.29 is 17.9 Å². The number of fused-ring (bicyclic) bond motifs is 1. The Morgan fingerprint density at radius 2 is 1.80 bits per heavy atom. The van der Waals surface area contributed by atoms with E-state index < -0.39 is 17.0 Å². The molecule has 0 unspecified atom stereocenters. The Hall–Kier alpha value is -2.88. The number of aromatic nitrogens is 4. The van der Waals surface area contributed by atoms with Crippen LogP contribution in [0.1, 0.15) is 50.2 Å². The van der Waals surface area contributed by atoms with E-state index in [0.29, 0.717) is 42.5 Å². The van der Waals surface area contributed by atoms with Crippen LogP contribution >= 0.6 is 0 Å². The van der Waals surface area contributed by atoms with Crippen molar-refractivity contribution >= 4 is 22.8 Å². The quantitative estimate of drug-likeness (QED) is 0.447. The van der Waals surface area contributed by atoms with Gasteiger partial charge in [-0.05, 0) is 58.6 Å². The van der Waals surface area contributed by atoms with Crippen LogP contribution in [0.3, 0.4) is 0 Å². The number of halogens is 3. The van der Waals surface area contributed by atoms with Gasteiger partial charge >= 0.3 is 6.18 Å². The fraction of sp³-hybridized carbons (Fsp3) is 0.560. The Morgan fingerprint density at radius 1 is 1.11 bits per heavy atom. The molecule has 0 aromatic carbocycles. The minimum Gasteiger partial charge on any atom is -0.370 e. The van der Waals surface area contributed by atoms with Crippen molar-refractivity contribution in [3.8, 4) is 0 Å². The first-order chi connectivity index (χ1) is 16.4. The van der Waals surface area contributed by atoms with Crippen LogP contribution in [-0.4, -0.2) is 57.6 Å². The molecule has 3 heterocycles. The molecule has 1 atom stereocenters. The average Bonchev–Trinajstić information content (AvgIpc) is 2.71. The number of anilines is 1. The van der Waals surface area contributed by atoms with Crippen LogP contribution in [0, 0.1) is 19.3 Å². The number of aliphatic imine (C=N–C) groups is 1. The largest absolute Gasteiger partial charge is 0.394 e. The minimum absolute atomic E-state index is 0.0500. The molecule has 10 heteroatoms. The maximum Gasteiger partial charge on any atom is 0.394 e. The smallest absolute Gasteiger partial charge is 0.370 e. The zero-order chi connectivity index (χ0) is 25.2. The van der Waals surface area contributed by atoms with Crippen LogP contribution in [0.5, 0.6) is 0 Å². The third-order valence-electron chi connectivity index (χ3n) is 7.45. The second-order valence-corrected chi connectivity index (χ2v) is 10.3. The molecule has 2 bridgehead atoms. The van der Waals surface area contributed by atoms with Crippen LogP contribution in [-0.2, 0) is 10.2 Å². The summed E-state index contributed by atoms with van der Waals surface area (Å²) in [7, 11) is 0. The van der Waals surface area contributed by atoms with Crippen LogP contribution in [0.15, 0.2) is 29.4 Å². The molecule has 2 aromatic rings. The van der Waals surface area contributed by atoms with Gasteiger partial charge in [0.15, 0.2) is 5.65 Å². The van der Waals surface area contributed by atoms with E-state index in [2.05, 4.69) is 26.5 Å². The highest BCUT2D eigenvalue weighted by molar-refractivity contribution is 5.79. The van der Waals surface area contributed by atoms with Gasteiger partial charge in [-0.3, -0.25) is 4.99 Å². The summed E-state index contributed by atoms with van der Waals surface area (Å²) in [5, 5.41) is 0. The number of morpholine rings is 1. The monoisotopic (exact) mass is 486 g/mol. The van der Waals surface area contributed by atoms with Crippen LogP contribution in [0.4, 0.5) is 19.1 Å². The molecule has 0 radical (unpaired) electrons. The maximum absolute atomic E-state index is 13.6. The summed E-state index contributed by atoms with van der Waals surface area (Å²) in [5.41, 5.74) is 2.51. The molecule has 35 heavy (non-hydrogen) atoms. The van der Waals surface area contributed by atoms with E-state index in [4.69, 9.17) is 9.72 Å². The van der Waals surface area contributed by atoms with E-state index in [9.17, 15) is 13.2 Å². The van der Waals surface area contributed by atoms with Gasteiger partial charge in [0, 0.05) is 23.9 Å². The highest BCUT2D eigenvalue weighted by Gasteiger charge is 2.79. The lowest BCUT2D eigenvalue weighted by Gasteiger charge is -2.70. The lowest BCUT2D eigenvalue weighted by molar-refractivity contribution is -0.337. The Labute approximate surface area is 202 Å². The second-order valence-electron chi connectivity index (χ2n) is 10.3. The van der Waals surface area contributed by atoms with E-state index in [1.165, 1.54) is 0 Å². The lowest BCUT2D eigenvalue weighted by atomic mass is 9.34. The average molecular weight is 487 g/mol. The highest BCUT2D eigenvalue weighted by atomic mass is 19.4. The summed E-state index contributed by atoms with van der Waals surface area (Å²) in [4.78, 5) is 25.1. The van der Waals surface area contributed by atoms with E-state index in [-0.39, 0.29) is 25.4 Å². The van der Waals surface area contributed by atoms with E-state index in [1.807, 2.05) is 38.7 Å². The van der Waals surface area contributed by atoms with E-state index >= 15 is 0 Å². The van der Waals surface area contributed by atoms with Crippen molar-refractivity contribution in [2.75, 3.05) is 24.6 Å². The molecule has 1 aliphatic heterocycles. The number of hydrogen-bond acceptors (Lipinski definition) is 7. The first-order valence-corrected chi connectivity index (χ1v) is 11.8. The van der Waals surface area contributed by atoms with Crippen molar-refractivity contribution in [1.29, 1.82) is 0 Å². The van der Waals surface area contributed by atoms with Gasteiger partial charge in [-0.25, -0.2) is 15.0 Å². The molecule has 3 aliphatic carbocycles. The third-order valence-corrected chi connectivity index (χ3v) is 7.45. The van der Waals surface area contributed by atoms with Gasteiger partial charge in [-0.15, -0.1) is 0 Å². The van der Waals surface area contributed by atoms with Crippen molar-refractivity contribution in [3.63, 3.8) is 0 Å². The predicted octanol–water partition coefficient (Wildman–Crippen LogP) is 4.78. The maximum atomic E-state index is 13.6. The lowest BCUT2D eigenvalue weighted by Crippen LogP contribution is -2.70. The molecule has 0 N–H and O–H groups in total. The fourth-order valence-corrected chi connectivity index (χ4v) is 5.40. The summed E-state index contributed by atoms with van der Waals surface area (Å²) in [6, 6.07) is 0. The summed E-state index contributed by atoms with van der Waals surface area (Å²) in [6.07, 6.45) is -0.792. The SMILES string of the molecule is C=C(/C=C\N=C(C)C)[C@H]1CN(c2nc(C34CC(C(F)(F)F)(C3)C4)c3nc(C)c(C)nc3n2)CCO1. The van der Waals surface area contributed by atoms with Gasteiger partial charge in [-0.1, -0.05) is 6.58 Å². The molecule has 4 fully saturated rings. The number of rotatable bonds is 5. The van der Waals surface area contributed by atoms with Crippen molar-refractivity contribution in [1.82, 2.24) is 19.9 Å². The Balaban J connectivity index is 1.48. The minimum atomic E-state index is -4.19. The van der Waals surface area contributed by atoms with Crippen LogP contribution in [0.25, 0.3) is 11.2 Å². The fourth-order valence-electron chi connectivity index (χ4n) is 5.40. The van der Waals surface area contributed by atoms with Gasteiger partial charge < -0.3 is 9.64 Å². The number of aryl methyl sites for hydroxylation is 2. The van der Waals surface area contributed by atoms with Crippen molar-refractivity contribution in [3.05, 3.63) is 41.5 Å². The summed E-state index contributed by atoms with van der Waals surface area (Å²) in [6.45, 7) is 13.1. The summed E-state index contributed by atoms with van der Waals surface area (Å²) < 4.78 is 46.6. The molecule has 2 aromatic heterocycles. The molecular formula is C25H29F3N6O. The highest BCUT2D eigenvalue weighted by Crippen LogP contribution is 2.78. The molecule has 1 saturated heterocycles. The van der Waals surface area contributed by atoms with Crippen LogP contribution in [0.2, 0.25) is 0 Å². The molecule has 0 spiro atoms. The topological polar surface area (TPSA) is 76.4 Å². The Bertz CT molecular complexity index is 1240. The standard InChI is InChI=1S/C25H29F3N6O/c1-14(2)29-7-6-15(3)18-10-34(8-9-35-18)22-32-20(19-21(33-22)31-17(5)16(4)30-19)23-11-24(12-23,13-23)25(26,27)28/h6-7,18H,3,8-13H2,1-2,4-5H3/b7-6-/t18-,23?,24?/m1/s1. The number of ether oxygens (including phenoxy) is 1. The van der Waals surface area contributed by atoms with Crippen molar-refractivity contribution in [2.24, 2.45) is 10.4 Å². The number of hydrogen-bond donors (Lipinski definition) is 0. The van der Waals surface area contributed by atoms with Crippen LogP contribution < -0.4 is 4.90 Å². The number of alkyl halides is 3. The zero-order valence-corrected chi connectivity index (χ0v) is 20.4. The molecule has 186 valence electrons. The second kappa shape index (κ2) is 8.08.